The van der Waals surface area contributed by atoms with Gasteiger partial charge in [0.1, 0.15) is 24.9 Å². The molecule has 0 bridgehead atoms. The van der Waals surface area contributed by atoms with E-state index in [9.17, 15) is 9.90 Å². The second kappa shape index (κ2) is 5.76. The first-order valence-electron chi connectivity index (χ1n) is 4.00. The Hall–Kier alpha value is -0.890. The van der Waals surface area contributed by atoms with Crippen molar-refractivity contribution in [1.82, 2.24) is 0 Å². The summed E-state index contributed by atoms with van der Waals surface area (Å²) in [6.07, 6.45) is -6.90. The first-order valence-corrected chi connectivity index (χ1v) is 4.00. The summed E-state index contributed by atoms with van der Waals surface area (Å²) in [5, 5.41) is 36.3. The number of nitrogens with two attached hydrogens (primary N) is 1. The molecule has 0 saturated carbocycles. The van der Waals surface area contributed by atoms with Crippen LogP contribution in [0.15, 0.2) is 0 Å². The number of primary amides is 1. The topological polar surface area (TPSA) is 133 Å². The Kier molecular flexibility index (Phi) is 5.39. The fourth-order valence-corrected chi connectivity index (χ4v) is 0.779. The number of aliphatic hydroxyl groups excluding tert-OH is 4. The SMILES string of the molecule is C[C@H](O)[C@H](O)[C@@H](O)[C@@H](O)COC(N)=O. The lowest BCUT2D eigenvalue weighted by atomic mass is 10.0. The molecule has 0 spiro atoms. The second-order valence-electron chi connectivity index (χ2n) is 2.92. The predicted octanol–water partition coefficient (Wildman–Crippen LogP) is -2.45. The summed E-state index contributed by atoms with van der Waals surface area (Å²) in [5.41, 5.74) is 4.61. The van der Waals surface area contributed by atoms with Crippen molar-refractivity contribution in [3.8, 4) is 0 Å². The van der Waals surface area contributed by atoms with Gasteiger partial charge in [-0.05, 0) is 6.92 Å². The van der Waals surface area contributed by atoms with Crippen LogP contribution in [0.2, 0.25) is 0 Å². The molecule has 1 amide bonds. The number of amides is 1. The van der Waals surface area contributed by atoms with Gasteiger partial charge >= 0.3 is 6.09 Å². The van der Waals surface area contributed by atoms with Crippen molar-refractivity contribution < 1.29 is 30.0 Å². The first-order chi connectivity index (χ1) is 6.36. The molecule has 0 saturated heterocycles. The maximum atomic E-state index is 10.1. The smallest absolute Gasteiger partial charge is 0.404 e. The van der Waals surface area contributed by atoms with Gasteiger partial charge in [-0.2, -0.15) is 0 Å². The number of carbonyl (C=O) groups is 1. The molecule has 0 aromatic rings. The van der Waals surface area contributed by atoms with E-state index in [1.165, 1.54) is 6.92 Å². The highest BCUT2D eigenvalue weighted by molar-refractivity contribution is 5.64. The lowest BCUT2D eigenvalue weighted by Gasteiger charge is -2.24. The van der Waals surface area contributed by atoms with Crippen molar-refractivity contribution >= 4 is 6.09 Å². The average molecular weight is 209 g/mol. The van der Waals surface area contributed by atoms with Crippen LogP contribution in [0.25, 0.3) is 0 Å². The summed E-state index contributed by atoms with van der Waals surface area (Å²) < 4.78 is 4.19. The van der Waals surface area contributed by atoms with Gasteiger partial charge in [-0.1, -0.05) is 0 Å². The van der Waals surface area contributed by atoms with Gasteiger partial charge in [0.2, 0.25) is 0 Å². The van der Waals surface area contributed by atoms with Gasteiger partial charge in [-0.3, -0.25) is 0 Å². The molecule has 0 aromatic carbocycles. The molecule has 7 heteroatoms. The Morgan fingerprint density at radius 2 is 1.79 bits per heavy atom. The molecule has 0 fully saturated rings. The molecular formula is C7H15NO6. The average Bonchev–Trinajstić information content (AvgIpc) is 2.11. The molecule has 0 rings (SSSR count). The zero-order valence-electron chi connectivity index (χ0n) is 7.70. The van der Waals surface area contributed by atoms with E-state index in [4.69, 9.17) is 15.3 Å². The maximum absolute atomic E-state index is 10.1. The van der Waals surface area contributed by atoms with Crippen molar-refractivity contribution in [2.24, 2.45) is 5.73 Å². The highest BCUT2D eigenvalue weighted by atomic mass is 16.6. The van der Waals surface area contributed by atoms with E-state index in [2.05, 4.69) is 10.5 Å². The Labute approximate surface area is 80.7 Å². The van der Waals surface area contributed by atoms with E-state index in [1.807, 2.05) is 0 Å². The van der Waals surface area contributed by atoms with Crippen molar-refractivity contribution in [1.29, 1.82) is 0 Å². The quantitative estimate of drug-likeness (QED) is 0.341. The summed E-state index contributed by atoms with van der Waals surface area (Å²) >= 11 is 0. The predicted molar refractivity (Wildman–Crippen MR) is 45.2 cm³/mol. The number of aliphatic hydroxyl groups is 4. The number of rotatable bonds is 5. The van der Waals surface area contributed by atoms with Crippen molar-refractivity contribution in [2.45, 2.75) is 31.3 Å². The Morgan fingerprint density at radius 1 is 1.29 bits per heavy atom. The minimum Gasteiger partial charge on any atom is -0.447 e. The lowest BCUT2D eigenvalue weighted by molar-refractivity contribution is -0.111. The van der Waals surface area contributed by atoms with E-state index < -0.39 is 37.1 Å². The standard InChI is InChI=1S/C7H15NO6/c1-3(9)5(11)6(12)4(10)2-14-7(8)13/h3-6,9-12H,2H2,1H3,(H2,8,13)/t3-,4-,5-,6-/m0/s1. The van der Waals surface area contributed by atoms with Gasteiger partial charge in [0, 0.05) is 0 Å². The molecule has 7 nitrogen and oxygen atoms in total. The monoisotopic (exact) mass is 209 g/mol. The molecule has 84 valence electrons. The first kappa shape index (κ1) is 13.1. The molecule has 0 radical (unpaired) electrons. The molecule has 0 heterocycles. The second-order valence-corrected chi connectivity index (χ2v) is 2.92. The van der Waals surface area contributed by atoms with Gasteiger partial charge < -0.3 is 30.9 Å². The minimum atomic E-state index is -1.60. The van der Waals surface area contributed by atoms with Crippen LogP contribution in [0.1, 0.15) is 6.92 Å². The maximum Gasteiger partial charge on any atom is 0.404 e. The molecule has 14 heavy (non-hydrogen) atoms. The molecule has 0 unspecified atom stereocenters. The van der Waals surface area contributed by atoms with Crippen LogP contribution in [0.3, 0.4) is 0 Å². The molecule has 0 aliphatic carbocycles. The van der Waals surface area contributed by atoms with Crippen LogP contribution >= 0.6 is 0 Å². The number of hydrogen-bond donors (Lipinski definition) is 5. The Morgan fingerprint density at radius 3 is 2.14 bits per heavy atom. The number of hydrogen-bond acceptors (Lipinski definition) is 6. The number of carbonyl (C=O) groups excluding carboxylic acids is 1. The van der Waals surface area contributed by atoms with Crippen LogP contribution in [0, 0.1) is 0 Å². The molecular weight excluding hydrogens is 194 g/mol. The van der Waals surface area contributed by atoms with Crippen LogP contribution in [-0.4, -0.2) is 57.5 Å². The van der Waals surface area contributed by atoms with Crippen LogP contribution in [0.4, 0.5) is 4.79 Å². The van der Waals surface area contributed by atoms with E-state index in [1.54, 1.807) is 0 Å². The zero-order valence-corrected chi connectivity index (χ0v) is 7.70. The van der Waals surface area contributed by atoms with Gasteiger partial charge in [-0.15, -0.1) is 0 Å². The number of ether oxygens (including phenoxy) is 1. The third kappa shape index (κ3) is 4.38. The summed E-state index contributed by atoms with van der Waals surface area (Å²) in [6.45, 7) is 0.704. The fraction of sp³-hybridized carbons (Fsp3) is 0.857. The zero-order chi connectivity index (χ0) is 11.3. The van der Waals surface area contributed by atoms with E-state index in [-0.39, 0.29) is 0 Å². The van der Waals surface area contributed by atoms with E-state index in [0.717, 1.165) is 0 Å². The summed E-state index contributed by atoms with van der Waals surface area (Å²) in [4.78, 5) is 10.1. The van der Waals surface area contributed by atoms with E-state index in [0.29, 0.717) is 0 Å². The Bertz CT molecular complexity index is 185. The largest absolute Gasteiger partial charge is 0.447 e. The lowest BCUT2D eigenvalue weighted by Crippen LogP contribution is -2.45. The molecule has 0 aliphatic heterocycles. The third-order valence-corrected chi connectivity index (χ3v) is 1.63. The molecule has 0 aromatic heterocycles. The summed E-state index contributed by atoms with van der Waals surface area (Å²) in [6, 6.07) is 0. The van der Waals surface area contributed by atoms with Crippen molar-refractivity contribution in [3.63, 3.8) is 0 Å². The summed E-state index contributed by atoms with van der Waals surface area (Å²) in [5.74, 6) is 0. The minimum absolute atomic E-state index is 0.541. The van der Waals surface area contributed by atoms with Gasteiger partial charge in [-0.25, -0.2) is 4.79 Å². The fourth-order valence-electron chi connectivity index (χ4n) is 0.779. The van der Waals surface area contributed by atoms with Crippen LogP contribution < -0.4 is 5.73 Å². The molecule has 4 atom stereocenters. The molecule has 6 N–H and O–H groups in total. The van der Waals surface area contributed by atoms with Gasteiger partial charge in [0.25, 0.3) is 0 Å². The van der Waals surface area contributed by atoms with E-state index >= 15 is 0 Å². The highest BCUT2D eigenvalue weighted by Gasteiger charge is 2.28. The van der Waals surface area contributed by atoms with Crippen molar-refractivity contribution in [3.05, 3.63) is 0 Å². The molecule has 0 aliphatic rings. The highest BCUT2D eigenvalue weighted by Crippen LogP contribution is 2.05. The van der Waals surface area contributed by atoms with Crippen LogP contribution in [0.5, 0.6) is 0 Å². The van der Waals surface area contributed by atoms with Crippen LogP contribution in [-0.2, 0) is 4.74 Å². The normalized spacial score (nSPS) is 19.5. The Balaban J connectivity index is 3.98. The third-order valence-electron chi connectivity index (χ3n) is 1.63. The van der Waals surface area contributed by atoms with Gasteiger partial charge in [0.05, 0.1) is 6.10 Å². The van der Waals surface area contributed by atoms with Crippen molar-refractivity contribution in [2.75, 3.05) is 6.61 Å². The van der Waals surface area contributed by atoms with Gasteiger partial charge in [0.15, 0.2) is 0 Å². The summed E-state index contributed by atoms with van der Waals surface area (Å²) in [7, 11) is 0.